The van der Waals surface area contributed by atoms with Gasteiger partial charge in [0.2, 0.25) is 5.91 Å². The maximum Gasteiger partial charge on any atom is 0.243 e. The van der Waals surface area contributed by atoms with Gasteiger partial charge in [0.25, 0.3) is 0 Å². The molecule has 1 aromatic rings. The molecule has 1 aliphatic carbocycles. The molecule has 0 aromatic heterocycles. The van der Waals surface area contributed by atoms with Crippen molar-refractivity contribution in [3.8, 4) is 0 Å². The standard InChI is InChI=1S/C17H23FN2OS/c1-22-10-7-13(19)16(21)20-11-17(8-2-3-9-17)15-12(18)5-4-6-14(15)20/h4-6,13H,2-3,7-11,19H2,1H3/t13-/m0/s1. The number of nitrogens with zero attached hydrogens (tertiary/aromatic N) is 1. The molecule has 1 spiro atoms. The average Bonchev–Trinajstić information content (AvgIpc) is 3.11. The summed E-state index contributed by atoms with van der Waals surface area (Å²) in [5.74, 6) is 0.624. The Morgan fingerprint density at radius 3 is 2.86 bits per heavy atom. The van der Waals surface area contributed by atoms with E-state index in [0.29, 0.717) is 13.0 Å². The number of rotatable bonds is 4. The fourth-order valence-corrected chi connectivity index (χ4v) is 4.44. The lowest BCUT2D eigenvalue weighted by Crippen LogP contribution is -2.45. The number of halogens is 1. The number of fused-ring (bicyclic) bond motifs is 2. The molecule has 0 saturated heterocycles. The molecule has 0 radical (unpaired) electrons. The zero-order valence-corrected chi connectivity index (χ0v) is 13.8. The van der Waals surface area contributed by atoms with Crippen LogP contribution in [0.3, 0.4) is 0 Å². The first-order valence-electron chi connectivity index (χ1n) is 7.94. The van der Waals surface area contributed by atoms with Gasteiger partial charge in [-0.3, -0.25) is 4.79 Å². The summed E-state index contributed by atoms with van der Waals surface area (Å²) >= 11 is 1.69. The first-order valence-corrected chi connectivity index (χ1v) is 9.33. The second kappa shape index (κ2) is 6.20. The SMILES string of the molecule is CSCC[C@H](N)C(=O)N1CC2(CCCC2)c2c(F)cccc21. The molecule has 3 nitrogen and oxygen atoms in total. The summed E-state index contributed by atoms with van der Waals surface area (Å²) in [6.07, 6.45) is 6.80. The maximum absolute atomic E-state index is 14.5. The highest BCUT2D eigenvalue weighted by atomic mass is 32.2. The second-order valence-corrected chi connectivity index (χ2v) is 7.42. The van der Waals surface area contributed by atoms with E-state index in [1.807, 2.05) is 12.3 Å². The summed E-state index contributed by atoms with van der Waals surface area (Å²) < 4.78 is 14.5. The number of amides is 1. The molecule has 1 atom stereocenters. The quantitative estimate of drug-likeness (QED) is 0.927. The number of anilines is 1. The normalized spacial score (nSPS) is 20.4. The number of hydrogen-bond donors (Lipinski definition) is 1. The number of hydrogen-bond acceptors (Lipinski definition) is 3. The van der Waals surface area contributed by atoms with Crippen LogP contribution >= 0.6 is 11.8 Å². The van der Waals surface area contributed by atoms with E-state index in [2.05, 4.69) is 0 Å². The molecule has 1 saturated carbocycles. The molecule has 3 rings (SSSR count). The Morgan fingerprint density at radius 1 is 1.45 bits per heavy atom. The minimum Gasteiger partial charge on any atom is -0.320 e. The van der Waals surface area contributed by atoms with Crippen LogP contribution in [0.2, 0.25) is 0 Å². The first kappa shape index (κ1) is 15.8. The number of thioether (sulfide) groups is 1. The minimum absolute atomic E-state index is 0.0651. The van der Waals surface area contributed by atoms with Crippen LogP contribution in [0.25, 0.3) is 0 Å². The van der Waals surface area contributed by atoms with Gasteiger partial charge in [-0.15, -0.1) is 0 Å². The Labute approximate surface area is 135 Å². The van der Waals surface area contributed by atoms with Crippen molar-refractivity contribution >= 4 is 23.4 Å². The van der Waals surface area contributed by atoms with Gasteiger partial charge in [0.1, 0.15) is 5.82 Å². The molecule has 1 aromatic carbocycles. The van der Waals surface area contributed by atoms with Crippen molar-refractivity contribution in [3.63, 3.8) is 0 Å². The van der Waals surface area contributed by atoms with Gasteiger partial charge in [-0.1, -0.05) is 18.9 Å². The topological polar surface area (TPSA) is 46.3 Å². The summed E-state index contributed by atoms with van der Waals surface area (Å²) in [6.45, 7) is 0.592. The summed E-state index contributed by atoms with van der Waals surface area (Å²) in [5, 5.41) is 0. The Hall–Kier alpha value is -1.07. The molecule has 22 heavy (non-hydrogen) atoms. The van der Waals surface area contributed by atoms with Crippen LogP contribution in [0.5, 0.6) is 0 Å². The van der Waals surface area contributed by atoms with Crippen molar-refractivity contribution in [3.05, 3.63) is 29.6 Å². The van der Waals surface area contributed by atoms with Crippen molar-refractivity contribution < 1.29 is 9.18 Å². The van der Waals surface area contributed by atoms with Crippen LogP contribution in [0.15, 0.2) is 18.2 Å². The molecular weight excluding hydrogens is 299 g/mol. The zero-order valence-electron chi connectivity index (χ0n) is 13.0. The van der Waals surface area contributed by atoms with Gasteiger partial charge in [-0.05, 0) is 43.4 Å². The lowest BCUT2D eigenvalue weighted by atomic mass is 9.80. The molecule has 1 aliphatic heterocycles. The third kappa shape index (κ3) is 2.54. The molecule has 2 N–H and O–H groups in total. The summed E-state index contributed by atoms with van der Waals surface area (Å²) in [7, 11) is 0. The smallest absolute Gasteiger partial charge is 0.243 e. The van der Waals surface area contributed by atoms with E-state index < -0.39 is 6.04 Å². The van der Waals surface area contributed by atoms with E-state index in [9.17, 15) is 9.18 Å². The minimum atomic E-state index is -0.500. The number of nitrogens with two attached hydrogens (primary N) is 1. The second-order valence-electron chi connectivity index (χ2n) is 6.43. The third-order valence-electron chi connectivity index (χ3n) is 5.05. The highest BCUT2D eigenvalue weighted by Gasteiger charge is 2.48. The Bertz CT molecular complexity index is 572. The maximum atomic E-state index is 14.5. The van der Waals surface area contributed by atoms with Crippen LogP contribution in [0.1, 0.15) is 37.7 Å². The van der Waals surface area contributed by atoms with Crippen molar-refractivity contribution in [2.75, 3.05) is 23.5 Å². The number of benzene rings is 1. The summed E-state index contributed by atoms with van der Waals surface area (Å²) in [6, 6.07) is 4.57. The molecule has 1 heterocycles. The van der Waals surface area contributed by atoms with E-state index in [1.165, 1.54) is 6.07 Å². The van der Waals surface area contributed by atoms with Crippen LogP contribution < -0.4 is 10.6 Å². The molecule has 1 fully saturated rings. The molecule has 5 heteroatoms. The fraction of sp³-hybridized carbons (Fsp3) is 0.588. The molecule has 2 aliphatic rings. The predicted octanol–water partition coefficient (Wildman–Crippen LogP) is 3.06. The van der Waals surface area contributed by atoms with Crippen molar-refractivity contribution in [2.45, 2.75) is 43.6 Å². The van der Waals surface area contributed by atoms with E-state index in [4.69, 9.17) is 5.73 Å². The zero-order chi connectivity index (χ0) is 15.7. The van der Waals surface area contributed by atoms with Crippen molar-refractivity contribution in [1.82, 2.24) is 0 Å². The lowest BCUT2D eigenvalue weighted by molar-refractivity contribution is -0.119. The van der Waals surface area contributed by atoms with Gasteiger partial charge in [0.15, 0.2) is 0 Å². The van der Waals surface area contributed by atoms with Crippen molar-refractivity contribution in [2.24, 2.45) is 5.73 Å². The van der Waals surface area contributed by atoms with Gasteiger partial charge in [-0.2, -0.15) is 11.8 Å². The third-order valence-corrected chi connectivity index (χ3v) is 5.69. The monoisotopic (exact) mass is 322 g/mol. The van der Waals surface area contributed by atoms with Crippen LogP contribution in [0.4, 0.5) is 10.1 Å². The van der Waals surface area contributed by atoms with Gasteiger partial charge >= 0.3 is 0 Å². The van der Waals surface area contributed by atoms with Crippen molar-refractivity contribution in [1.29, 1.82) is 0 Å². The summed E-state index contributed by atoms with van der Waals surface area (Å²) in [4.78, 5) is 14.5. The van der Waals surface area contributed by atoms with E-state index in [1.54, 1.807) is 22.7 Å². The largest absolute Gasteiger partial charge is 0.320 e. The van der Waals surface area contributed by atoms with E-state index >= 15 is 0 Å². The Balaban J connectivity index is 1.92. The lowest BCUT2D eigenvalue weighted by Gasteiger charge is -2.26. The molecule has 0 bridgehead atoms. The molecule has 120 valence electrons. The summed E-state index contributed by atoms with van der Waals surface area (Å²) in [5.41, 5.74) is 7.37. The molecular formula is C17H23FN2OS. The highest BCUT2D eigenvalue weighted by molar-refractivity contribution is 7.98. The van der Waals surface area contributed by atoms with Gasteiger partial charge in [-0.25, -0.2) is 4.39 Å². The van der Waals surface area contributed by atoms with E-state index in [0.717, 1.165) is 42.7 Å². The van der Waals surface area contributed by atoms with Gasteiger partial charge in [0, 0.05) is 17.5 Å². The predicted molar refractivity (Wildman–Crippen MR) is 89.9 cm³/mol. The molecule has 0 unspecified atom stereocenters. The highest BCUT2D eigenvalue weighted by Crippen LogP contribution is 2.51. The Kier molecular flexibility index (Phi) is 4.46. The van der Waals surface area contributed by atoms with Gasteiger partial charge in [0.05, 0.1) is 11.7 Å². The first-order chi connectivity index (χ1) is 10.6. The average molecular weight is 322 g/mol. The van der Waals surface area contributed by atoms with E-state index in [-0.39, 0.29) is 17.1 Å². The van der Waals surface area contributed by atoms with Crippen LogP contribution in [-0.4, -0.2) is 30.5 Å². The van der Waals surface area contributed by atoms with Crippen LogP contribution in [-0.2, 0) is 10.2 Å². The Morgan fingerprint density at radius 2 is 2.18 bits per heavy atom. The molecule has 1 amide bonds. The fourth-order valence-electron chi connectivity index (χ4n) is 3.95. The number of carbonyl (C=O) groups excluding carboxylic acids is 1. The number of carbonyl (C=O) groups is 1. The van der Waals surface area contributed by atoms with Gasteiger partial charge < -0.3 is 10.6 Å². The van der Waals surface area contributed by atoms with Crippen LogP contribution in [0, 0.1) is 5.82 Å².